The topological polar surface area (TPSA) is 20.3 Å². The number of nitrogens with zero attached hydrogens (tertiary/aromatic N) is 1. The number of carbonyl (C=O) groups excluding carboxylic acids is 1. The van der Waals surface area contributed by atoms with Crippen LogP contribution in [0.5, 0.6) is 0 Å². The average molecular weight is 312 g/mol. The highest BCUT2D eigenvalue weighted by Gasteiger charge is 2.15. The van der Waals surface area contributed by atoms with Gasteiger partial charge in [-0.25, -0.2) is 0 Å². The third-order valence-corrected chi connectivity index (χ3v) is 3.67. The number of anilines is 1. The van der Waals surface area contributed by atoms with E-state index in [-0.39, 0.29) is 5.91 Å². The number of hydrogen-bond acceptors (Lipinski definition) is 1. The lowest BCUT2D eigenvalue weighted by molar-refractivity contribution is 0.0998. The molecule has 3 aromatic rings. The maximum absolute atomic E-state index is 12.9. The van der Waals surface area contributed by atoms with Gasteiger partial charge in [0.2, 0.25) is 0 Å². The van der Waals surface area contributed by atoms with Gasteiger partial charge in [0.1, 0.15) is 0 Å². The second kappa shape index (κ2) is 7.42. The zero-order chi connectivity index (χ0) is 16.8. The molecule has 0 saturated carbocycles. The van der Waals surface area contributed by atoms with Crippen molar-refractivity contribution in [2.45, 2.75) is 0 Å². The minimum atomic E-state index is -0.0698. The van der Waals surface area contributed by atoms with Crippen LogP contribution in [0.3, 0.4) is 0 Å². The second-order valence-corrected chi connectivity index (χ2v) is 5.43. The Hall–Kier alpha value is -3.13. The summed E-state index contributed by atoms with van der Waals surface area (Å²) >= 11 is 0. The molecule has 0 N–H and O–H groups in total. The van der Waals surface area contributed by atoms with Crippen molar-refractivity contribution in [3.05, 3.63) is 115 Å². The van der Waals surface area contributed by atoms with Gasteiger partial charge in [-0.05, 0) is 48.4 Å². The van der Waals surface area contributed by atoms with E-state index >= 15 is 0 Å². The van der Waals surface area contributed by atoms with Gasteiger partial charge in [0.15, 0.2) is 0 Å². The van der Waals surface area contributed by atoms with Gasteiger partial charge in [0.05, 0.1) is 0 Å². The largest absolute Gasteiger partial charge is 0.284 e. The van der Waals surface area contributed by atoms with Crippen LogP contribution in [0.15, 0.2) is 91.1 Å². The van der Waals surface area contributed by atoms with Crippen molar-refractivity contribution < 1.29 is 4.79 Å². The summed E-state index contributed by atoms with van der Waals surface area (Å²) in [4.78, 5) is 14.6. The van der Waals surface area contributed by atoms with E-state index in [9.17, 15) is 4.79 Å². The van der Waals surface area contributed by atoms with E-state index in [1.165, 1.54) is 0 Å². The maximum atomic E-state index is 12.9. The molecule has 0 aliphatic heterocycles. The summed E-state index contributed by atoms with van der Waals surface area (Å²) in [6, 6.07) is 26.8. The first-order valence-corrected chi connectivity index (χ1v) is 7.78. The van der Waals surface area contributed by atoms with Gasteiger partial charge in [-0.3, -0.25) is 9.69 Å². The molecular weight excluding hydrogens is 294 g/mol. The number of benzene rings is 3. The first-order chi connectivity index (χ1) is 11.7. The summed E-state index contributed by atoms with van der Waals surface area (Å²) in [5, 5.41) is 0. The standard InChI is InChI=1S/C22H18NO/c1-18-12-14-21(15-13-18)23(17-16-19-8-4-2-5-9-19)22(24)20-10-6-3-7-11-20/h2-17H,1H2. The van der Waals surface area contributed by atoms with Crippen LogP contribution in [0.4, 0.5) is 5.69 Å². The Morgan fingerprint density at radius 1 is 0.792 bits per heavy atom. The van der Waals surface area contributed by atoms with Crippen LogP contribution in [0.2, 0.25) is 0 Å². The normalized spacial score (nSPS) is 10.7. The fraction of sp³-hybridized carbons (Fsp3) is 0. The van der Waals surface area contributed by atoms with Gasteiger partial charge >= 0.3 is 0 Å². The van der Waals surface area contributed by atoms with E-state index in [4.69, 9.17) is 0 Å². The third-order valence-electron chi connectivity index (χ3n) is 3.67. The van der Waals surface area contributed by atoms with E-state index in [0.29, 0.717) is 5.56 Å². The number of hydrogen-bond donors (Lipinski definition) is 0. The van der Waals surface area contributed by atoms with E-state index in [0.717, 1.165) is 16.8 Å². The maximum Gasteiger partial charge on any atom is 0.262 e. The van der Waals surface area contributed by atoms with Gasteiger partial charge in [-0.15, -0.1) is 0 Å². The Morgan fingerprint density at radius 2 is 1.38 bits per heavy atom. The molecule has 1 amide bonds. The molecule has 0 spiro atoms. The van der Waals surface area contributed by atoms with E-state index in [1.807, 2.05) is 97.2 Å². The smallest absolute Gasteiger partial charge is 0.262 e. The van der Waals surface area contributed by atoms with Crippen molar-refractivity contribution >= 4 is 17.7 Å². The monoisotopic (exact) mass is 312 g/mol. The molecule has 3 aromatic carbocycles. The highest BCUT2D eigenvalue weighted by Crippen LogP contribution is 2.19. The highest BCUT2D eigenvalue weighted by atomic mass is 16.2. The summed E-state index contributed by atoms with van der Waals surface area (Å²) in [7, 11) is 0. The first kappa shape index (κ1) is 15.8. The molecule has 0 unspecified atom stereocenters. The molecular formula is C22H18NO. The van der Waals surface area contributed by atoms with Crippen LogP contribution in [0.1, 0.15) is 21.5 Å². The number of carbonyl (C=O) groups is 1. The average Bonchev–Trinajstić information content (AvgIpc) is 2.65. The quantitative estimate of drug-likeness (QED) is 0.649. The minimum absolute atomic E-state index is 0.0698. The van der Waals surface area contributed by atoms with Crippen molar-refractivity contribution in [1.29, 1.82) is 0 Å². The van der Waals surface area contributed by atoms with Gasteiger partial charge in [-0.1, -0.05) is 60.7 Å². The van der Waals surface area contributed by atoms with Crippen molar-refractivity contribution in [1.82, 2.24) is 0 Å². The number of rotatable bonds is 4. The lowest BCUT2D eigenvalue weighted by Crippen LogP contribution is -2.25. The molecule has 0 saturated heterocycles. The van der Waals surface area contributed by atoms with Gasteiger partial charge in [-0.2, -0.15) is 0 Å². The first-order valence-electron chi connectivity index (χ1n) is 7.78. The summed E-state index contributed by atoms with van der Waals surface area (Å²) < 4.78 is 0. The van der Waals surface area contributed by atoms with Crippen LogP contribution >= 0.6 is 0 Å². The molecule has 0 aromatic heterocycles. The molecule has 0 aliphatic rings. The molecule has 0 atom stereocenters. The van der Waals surface area contributed by atoms with Crippen molar-refractivity contribution in [3.8, 4) is 0 Å². The van der Waals surface area contributed by atoms with Crippen LogP contribution in [-0.2, 0) is 0 Å². The predicted molar refractivity (Wildman–Crippen MR) is 99.6 cm³/mol. The van der Waals surface area contributed by atoms with Gasteiger partial charge in [0, 0.05) is 17.5 Å². The van der Waals surface area contributed by atoms with Crippen molar-refractivity contribution in [2.75, 3.05) is 4.90 Å². The molecule has 24 heavy (non-hydrogen) atoms. The van der Waals surface area contributed by atoms with Gasteiger partial charge < -0.3 is 0 Å². The Balaban J connectivity index is 1.96. The lowest BCUT2D eigenvalue weighted by Gasteiger charge is -2.19. The van der Waals surface area contributed by atoms with Gasteiger partial charge in [0.25, 0.3) is 5.91 Å². The van der Waals surface area contributed by atoms with E-state index in [1.54, 1.807) is 4.90 Å². The molecule has 1 radical (unpaired) electrons. The molecule has 0 heterocycles. The molecule has 117 valence electrons. The summed E-state index contributed by atoms with van der Waals surface area (Å²) in [6.07, 6.45) is 3.74. The molecule has 2 heteroatoms. The van der Waals surface area contributed by atoms with Crippen LogP contribution in [0.25, 0.3) is 6.08 Å². The Morgan fingerprint density at radius 3 is 2.00 bits per heavy atom. The third kappa shape index (κ3) is 3.79. The Kier molecular flexibility index (Phi) is 4.87. The lowest BCUT2D eigenvalue weighted by atomic mass is 10.1. The zero-order valence-electron chi connectivity index (χ0n) is 13.3. The highest BCUT2D eigenvalue weighted by molar-refractivity contribution is 6.07. The fourth-order valence-corrected chi connectivity index (χ4v) is 2.37. The van der Waals surface area contributed by atoms with Crippen LogP contribution in [-0.4, -0.2) is 5.91 Å². The summed E-state index contributed by atoms with van der Waals surface area (Å²) in [5.74, 6) is -0.0698. The molecule has 3 rings (SSSR count). The Bertz CT molecular complexity index is 821. The van der Waals surface area contributed by atoms with Crippen molar-refractivity contribution in [2.24, 2.45) is 0 Å². The molecule has 0 fully saturated rings. The summed E-state index contributed by atoms with van der Waals surface area (Å²) in [6.45, 7) is 3.90. The van der Waals surface area contributed by atoms with Crippen LogP contribution in [0, 0.1) is 6.92 Å². The van der Waals surface area contributed by atoms with E-state index < -0.39 is 0 Å². The predicted octanol–water partition coefficient (Wildman–Crippen LogP) is 5.19. The SMILES string of the molecule is [CH2]c1ccc(N(C=Cc2ccccc2)C(=O)c2ccccc2)cc1. The zero-order valence-corrected chi connectivity index (χ0v) is 13.3. The second-order valence-electron chi connectivity index (χ2n) is 5.43. The minimum Gasteiger partial charge on any atom is -0.284 e. The molecule has 2 nitrogen and oxygen atoms in total. The fourth-order valence-electron chi connectivity index (χ4n) is 2.37. The molecule has 0 bridgehead atoms. The molecule has 0 aliphatic carbocycles. The number of amides is 1. The Labute approximate surface area is 142 Å². The summed E-state index contributed by atoms with van der Waals surface area (Å²) in [5.41, 5.74) is 3.41. The van der Waals surface area contributed by atoms with Crippen molar-refractivity contribution in [3.63, 3.8) is 0 Å². The van der Waals surface area contributed by atoms with E-state index in [2.05, 4.69) is 6.92 Å². The van der Waals surface area contributed by atoms with Crippen LogP contribution < -0.4 is 4.90 Å².